The molecule has 176 valence electrons. The first-order valence-electron chi connectivity index (χ1n) is 11.1. The number of nitriles is 1. The van der Waals surface area contributed by atoms with Crippen molar-refractivity contribution < 1.29 is 18.7 Å². The summed E-state index contributed by atoms with van der Waals surface area (Å²) in [6.07, 6.45) is 3.89. The molecule has 0 spiro atoms. The summed E-state index contributed by atoms with van der Waals surface area (Å²) in [6.45, 7) is 3.63. The number of halogens is 1. The molecule has 0 saturated heterocycles. The van der Waals surface area contributed by atoms with Crippen LogP contribution in [0, 0.1) is 17.1 Å². The van der Waals surface area contributed by atoms with Crippen LogP contribution in [0.15, 0.2) is 71.4 Å². The van der Waals surface area contributed by atoms with E-state index in [9.17, 15) is 19.2 Å². The largest absolute Gasteiger partial charge is 0.494 e. The van der Waals surface area contributed by atoms with Crippen molar-refractivity contribution in [3.8, 4) is 28.8 Å². The first-order valence-corrected chi connectivity index (χ1v) is 11.1. The molecular weight excluding hydrogens is 447 g/mol. The lowest BCUT2D eigenvalue weighted by molar-refractivity contribution is -0.140. The van der Waals surface area contributed by atoms with Gasteiger partial charge in [-0.3, -0.25) is 14.5 Å². The van der Waals surface area contributed by atoms with Crippen LogP contribution in [0.3, 0.4) is 0 Å². The van der Waals surface area contributed by atoms with Gasteiger partial charge in [-0.15, -0.1) is 0 Å². The smallest absolute Gasteiger partial charge is 0.271 e. The average molecular weight is 471 g/mol. The van der Waals surface area contributed by atoms with Gasteiger partial charge in [0.05, 0.1) is 12.8 Å². The minimum Gasteiger partial charge on any atom is -0.494 e. The topological polar surface area (TPSA) is 88.2 Å². The normalized spacial score (nSPS) is 15.1. The molecular formula is C27H23FN4O3. The number of nitrogens with zero attached hydrogens (tertiary/aromatic N) is 4. The predicted molar refractivity (Wildman–Crippen MR) is 129 cm³/mol. The Labute approximate surface area is 202 Å². The number of amides is 2. The van der Waals surface area contributed by atoms with Crippen molar-refractivity contribution in [2.24, 2.45) is 0 Å². The average Bonchev–Trinajstić information content (AvgIpc) is 3.29. The molecule has 4 rings (SSSR count). The highest BCUT2D eigenvalue weighted by Gasteiger charge is 2.35. The van der Waals surface area contributed by atoms with Gasteiger partial charge < -0.3 is 4.74 Å². The number of ether oxygens (including phenoxy) is 1. The van der Waals surface area contributed by atoms with Crippen molar-refractivity contribution in [2.75, 3.05) is 13.7 Å². The molecule has 7 nitrogen and oxygen atoms in total. The van der Waals surface area contributed by atoms with Gasteiger partial charge in [-0.2, -0.15) is 10.4 Å². The summed E-state index contributed by atoms with van der Waals surface area (Å²) >= 11 is 0. The molecule has 0 N–H and O–H groups in total. The van der Waals surface area contributed by atoms with Crippen molar-refractivity contribution in [3.63, 3.8) is 0 Å². The van der Waals surface area contributed by atoms with Gasteiger partial charge in [-0.25, -0.2) is 9.07 Å². The number of methoxy groups -OCH3 is 1. The van der Waals surface area contributed by atoms with Crippen LogP contribution in [-0.2, 0) is 9.59 Å². The zero-order valence-corrected chi connectivity index (χ0v) is 19.6. The molecule has 0 unspecified atom stereocenters. The Morgan fingerprint density at radius 2 is 1.89 bits per heavy atom. The minimum absolute atomic E-state index is 0.0724. The second kappa shape index (κ2) is 9.77. The Morgan fingerprint density at radius 1 is 1.14 bits per heavy atom. The maximum absolute atomic E-state index is 14.5. The molecule has 0 atom stereocenters. The van der Waals surface area contributed by atoms with E-state index in [0.29, 0.717) is 28.8 Å². The third-order valence-electron chi connectivity index (χ3n) is 5.76. The van der Waals surface area contributed by atoms with E-state index in [1.807, 2.05) is 43.3 Å². The molecule has 1 aliphatic rings. The zero-order valence-electron chi connectivity index (χ0n) is 19.6. The Bertz CT molecular complexity index is 1410. The molecule has 2 aromatic carbocycles. The van der Waals surface area contributed by atoms with Gasteiger partial charge in [0.25, 0.3) is 11.8 Å². The molecule has 0 fully saturated rings. The van der Waals surface area contributed by atoms with Gasteiger partial charge in [-0.1, -0.05) is 25.1 Å². The fourth-order valence-electron chi connectivity index (χ4n) is 3.96. The fourth-order valence-corrected chi connectivity index (χ4v) is 3.96. The number of hydrogen-bond donors (Lipinski definition) is 0. The molecule has 2 heterocycles. The lowest BCUT2D eigenvalue weighted by Gasteiger charge is -2.27. The highest BCUT2D eigenvalue weighted by molar-refractivity contribution is 6.19. The van der Waals surface area contributed by atoms with Crippen LogP contribution in [-0.4, -0.2) is 40.1 Å². The van der Waals surface area contributed by atoms with Gasteiger partial charge in [0, 0.05) is 29.4 Å². The van der Waals surface area contributed by atoms with Crippen LogP contribution in [0.25, 0.3) is 23.0 Å². The Hall–Kier alpha value is -4.51. The molecule has 0 aliphatic carbocycles. The second-order valence-electron chi connectivity index (χ2n) is 7.99. The lowest BCUT2D eigenvalue weighted by atomic mass is 9.93. The van der Waals surface area contributed by atoms with Crippen molar-refractivity contribution in [1.82, 2.24) is 14.7 Å². The number of aromatic nitrogens is 2. The summed E-state index contributed by atoms with van der Waals surface area (Å²) in [5.74, 6) is -1.52. The van der Waals surface area contributed by atoms with E-state index in [0.717, 1.165) is 10.6 Å². The number of benzene rings is 2. The van der Waals surface area contributed by atoms with Gasteiger partial charge in [0.2, 0.25) is 0 Å². The van der Waals surface area contributed by atoms with E-state index in [1.54, 1.807) is 29.9 Å². The summed E-state index contributed by atoms with van der Waals surface area (Å²) < 4.78 is 21.2. The van der Waals surface area contributed by atoms with Gasteiger partial charge in [0.15, 0.2) is 11.6 Å². The summed E-state index contributed by atoms with van der Waals surface area (Å²) in [7, 11) is 1.39. The molecule has 0 bridgehead atoms. The Balaban J connectivity index is 1.93. The second-order valence-corrected chi connectivity index (χ2v) is 7.99. The molecule has 0 saturated carbocycles. The van der Waals surface area contributed by atoms with E-state index < -0.39 is 17.6 Å². The highest BCUT2D eigenvalue weighted by Crippen LogP contribution is 2.32. The maximum Gasteiger partial charge on any atom is 0.271 e. The number of hydrogen-bond acceptors (Lipinski definition) is 5. The molecule has 1 aliphatic heterocycles. The fraction of sp³-hybridized carbons (Fsp3) is 0.185. The van der Waals surface area contributed by atoms with E-state index in [4.69, 9.17) is 4.74 Å². The zero-order chi connectivity index (χ0) is 25.1. The van der Waals surface area contributed by atoms with Crippen molar-refractivity contribution in [2.45, 2.75) is 20.3 Å². The van der Waals surface area contributed by atoms with Crippen LogP contribution in [0.1, 0.15) is 25.8 Å². The number of carbonyl (C=O) groups excluding carboxylic acids is 2. The van der Waals surface area contributed by atoms with Crippen LogP contribution in [0.4, 0.5) is 4.39 Å². The van der Waals surface area contributed by atoms with Crippen LogP contribution in [0.2, 0.25) is 0 Å². The molecule has 3 aromatic rings. The van der Waals surface area contributed by atoms with Crippen LogP contribution >= 0.6 is 0 Å². The molecule has 1 aromatic heterocycles. The van der Waals surface area contributed by atoms with E-state index in [2.05, 4.69) is 5.10 Å². The van der Waals surface area contributed by atoms with Gasteiger partial charge in [0.1, 0.15) is 17.3 Å². The first-order chi connectivity index (χ1) is 16.9. The number of imide groups is 1. The van der Waals surface area contributed by atoms with E-state index in [-0.39, 0.29) is 23.4 Å². The lowest BCUT2D eigenvalue weighted by Crippen LogP contribution is -2.43. The summed E-state index contributed by atoms with van der Waals surface area (Å²) in [5, 5.41) is 14.3. The number of rotatable bonds is 6. The van der Waals surface area contributed by atoms with Crippen molar-refractivity contribution in [1.29, 1.82) is 5.26 Å². The van der Waals surface area contributed by atoms with Crippen LogP contribution < -0.4 is 4.74 Å². The molecule has 8 heteroatoms. The van der Waals surface area contributed by atoms with Gasteiger partial charge >= 0.3 is 0 Å². The Kier molecular flexibility index (Phi) is 6.60. The Morgan fingerprint density at radius 3 is 2.51 bits per heavy atom. The van der Waals surface area contributed by atoms with Crippen LogP contribution in [0.5, 0.6) is 5.75 Å². The molecule has 35 heavy (non-hydrogen) atoms. The summed E-state index contributed by atoms with van der Waals surface area (Å²) in [4.78, 5) is 27.0. The predicted octanol–water partition coefficient (Wildman–Crippen LogP) is 4.69. The minimum atomic E-state index is -0.591. The monoisotopic (exact) mass is 470 g/mol. The summed E-state index contributed by atoms with van der Waals surface area (Å²) in [5.41, 5.74) is 2.67. The third-order valence-corrected chi connectivity index (χ3v) is 5.76. The number of para-hydroxylation sites is 1. The SMILES string of the molecule is CCCN1C(=O)C(C#N)=C(C)/C(=C\c2cn(-c3ccccc3)nc2-c2ccc(OC)c(F)c2)C1=O. The molecule has 0 radical (unpaired) electrons. The van der Waals surface area contributed by atoms with Crippen molar-refractivity contribution >= 4 is 17.9 Å². The standard InChI is InChI=1S/C27H23FN4O3/c1-4-12-31-26(33)21(17(2)22(15-29)27(31)34)13-19-16-32(20-8-6-5-7-9-20)30-25(19)18-10-11-24(35-3)23(28)14-18/h5-11,13-14,16H,4,12H2,1-3H3/b21-13+. The van der Waals surface area contributed by atoms with Gasteiger partial charge in [-0.05, 0) is 55.3 Å². The van der Waals surface area contributed by atoms with E-state index >= 15 is 0 Å². The molecule has 2 amide bonds. The van der Waals surface area contributed by atoms with E-state index in [1.165, 1.54) is 19.2 Å². The maximum atomic E-state index is 14.5. The third kappa shape index (κ3) is 4.36. The quantitative estimate of drug-likeness (QED) is 0.385. The number of carbonyl (C=O) groups is 2. The van der Waals surface area contributed by atoms with Crippen molar-refractivity contribution in [3.05, 3.63) is 82.8 Å². The summed E-state index contributed by atoms with van der Waals surface area (Å²) in [6, 6.07) is 15.8. The highest BCUT2D eigenvalue weighted by atomic mass is 19.1. The first kappa shape index (κ1) is 23.6.